The highest BCUT2D eigenvalue weighted by atomic mass is 127. The number of carbonyl (C=O) groups excluding carboxylic acids is 1. The summed E-state index contributed by atoms with van der Waals surface area (Å²) in [5.74, 6) is 0.183. The molecule has 0 spiro atoms. The molecule has 0 fully saturated rings. The summed E-state index contributed by atoms with van der Waals surface area (Å²) in [7, 11) is 1.52. The van der Waals surface area contributed by atoms with Crippen LogP contribution >= 0.6 is 50.7 Å². The van der Waals surface area contributed by atoms with Crippen molar-refractivity contribution in [2.45, 2.75) is 0 Å². The Bertz CT molecular complexity index is 724. The van der Waals surface area contributed by atoms with Gasteiger partial charge in [0, 0.05) is 8.04 Å². The standard InChI is InChI=1S/C15H12BrIN2O2S/c1-21-13-5-3-2-4-10(13)14(20)19-15(22)18-12-7-6-9(16)8-11(12)17/h2-8H,1H3,(H2,18,19,20,22). The van der Waals surface area contributed by atoms with E-state index < -0.39 is 0 Å². The summed E-state index contributed by atoms with van der Waals surface area (Å²) >= 11 is 10.8. The number of rotatable bonds is 3. The molecule has 22 heavy (non-hydrogen) atoms. The molecule has 0 unspecified atom stereocenters. The molecule has 7 heteroatoms. The summed E-state index contributed by atoms with van der Waals surface area (Å²) in [5.41, 5.74) is 1.26. The van der Waals surface area contributed by atoms with Gasteiger partial charge in [-0.15, -0.1) is 0 Å². The first-order valence-electron chi connectivity index (χ1n) is 6.21. The fourth-order valence-electron chi connectivity index (χ4n) is 1.75. The minimum Gasteiger partial charge on any atom is -0.496 e. The molecule has 114 valence electrons. The van der Waals surface area contributed by atoms with E-state index in [9.17, 15) is 4.79 Å². The van der Waals surface area contributed by atoms with Crippen LogP contribution in [0.4, 0.5) is 5.69 Å². The molecule has 0 saturated carbocycles. The number of carbonyl (C=O) groups is 1. The van der Waals surface area contributed by atoms with E-state index in [1.54, 1.807) is 24.3 Å². The van der Waals surface area contributed by atoms with Gasteiger partial charge in [0.05, 0.1) is 18.4 Å². The minimum absolute atomic E-state index is 0.233. The number of halogens is 2. The van der Waals surface area contributed by atoms with Gasteiger partial charge in [-0.3, -0.25) is 10.1 Å². The van der Waals surface area contributed by atoms with E-state index in [2.05, 4.69) is 49.2 Å². The van der Waals surface area contributed by atoms with Crippen LogP contribution in [0.2, 0.25) is 0 Å². The van der Waals surface area contributed by atoms with Crippen LogP contribution in [0.5, 0.6) is 5.75 Å². The first-order chi connectivity index (χ1) is 10.5. The van der Waals surface area contributed by atoms with Gasteiger partial charge in [0.25, 0.3) is 5.91 Å². The molecule has 0 radical (unpaired) electrons. The van der Waals surface area contributed by atoms with Gasteiger partial charge in [-0.25, -0.2) is 0 Å². The second kappa shape index (κ2) is 7.89. The molecule has 0 heterocycles. The molecule has 2 N–H and O–H groups in total. The van der Waals surface area contributed by atoms with E-state index >= 15 is 0 Å². The summed E-state index contributed by atoms with van der Waals surface area (Å²) in [6, 6.07) is 12.7. The smallest absolute Gasteiger partial charge is 0.261 e. The van der Waals surface area contributed by atoms with Gasteiger partial charge in [-0.2, -0.15) is 0 Å². The van der Waals surface area contributed by atoms with Crippen LogP contribution in [0.25, 0.3) is 0 Å². The fraction of sp³-hybridized carbons (Fsp3) is 0.0667. The van der Waals surface area contributed by atoms with Crippen molar-refractivity contribution in [3.63, 3.8) is 0 Å². The van der Waals surface area contributed by atoms with Crippen LogP contribution in [-0.2, 0) is 0 Å². The van der Waals surface area contributed by atoms with E-state index in [1.165, 1.54) is 7.11 Å². The van der Waals surface area contributed by atoms with Crippen LogP contribution in [0, 0.1) is 3.57 Å². The maximum absolute atomic E-state index is 12.2. The molecule has 0 atom stereocenters. The highest BCUT2D eigenvalue weighted by Gasteiger charge is 2.13. The SMILES string of the molecule is COc1ccccc1C(=O)NC(=S)Nc1ccc(Br)cc1I. The van der Waals surface area contributed by atoms with Crippen LogP contribution in [-0.4, -0.2) is 18.1 Å². The van der Waals surface area contributed by atoms with Crippen molar-refractivity contribution in [2.24, 2.45) is 0 Å². The Morgan fingerprint density at radius 2 is 2.00 bits per heavy atom. The number of amides is 1. The van der Waals surface area contributed by atoms with Gasteiger partial charge in [-0.05, 0) is 65.1 Å². The van der Waals surface area contributed by atoms with Gasteiger partial charge >= 0.3 is 0 Å². The van der Waals surface area contributed by atoms with Crippen molar-refractivity contribution < 1.29 is 9.53 Å². The van der Waals surface area contributed by atoms with Crippen molar-refractivity contribution in [1.82, 2.24) is 5.32 Å². The number of nitrogens with one attached hydrogen (secondary N) is 2. The topological polar surface area (TPSA) is 50.4 Å². The third-order valence-corrected chi connectivity index (χ3v) is 4.35. The molecule has 0 aliphatic carbocycles. The summed E-state index contributed by atoms with van der Waals surface area (Å²) in [6.45, 7) is 0. The fourth-order valence-corrected chi connectivity index (χ4v) is 3.39. The Hall–Kier alpha value is -1.19. The van der Waals surface area contributed by atoms with E-state index in [0.29, 0.717) is 11.3 Å². The first-order valence-corrected chi connectivity index (χ1v) is 8.49. The Kier molecular flexibility index (Phi) is 6.16. The molecule has 0 aromatic heterocycles. The zero-order chi connectivity index (χ0) is 16.1. The largest absolute Gasteiger partial charge is 0.496 e. The minimum atomic E-state index is -0.318. The average molecular weight is 491 g/mol. The van der Waals surface area contributed by atoms with Gasteiger partial charge < -0.3 is 10.1 Å². The van der Waals surface area contributed by atoms with Gasteiger partial charge in [0.2, 0.25) is 0 Å². The lowest BCUT2D eigenvalue weighted by molar-refractivity contribution is 0.0975. The Morgan fingerprint density at radius 3 is 2.68 bits per heavy atom. The number of thiocarbonyl (C=S) groups is 1. The second-order valence-corrected chi connectivity index (χ2v) is 6.72. The van der Waals surface area contributed by atoms with Crippen LogP contribution in [0.1, 0.15) is 10.4 Å². The Morgan fingerprint density at radius 1 is 1.27 bits per heavy atom. The summed E-state index contributed by atoms with van der Waals surface area (Å²) in [4.78, 5) is 12.2. The van der Waals surface area contributed by atoms with E-state index in [4.69, 9.17) is 17.0 Å². The van der Waals surface area contributed by atoms with Gasteiger partial charge in [-0.1, -0.05) is 28.1 Å². The van der Waals surface area contributed by atoms with Crippen LogP contribution in [0.3, 0.4) is 0 Å². The van der Waals surface area contributed by atoms with Crippen molar-refractivity contribution >= 4 is 67.4 Å². The summed E-state index contributed by atoms with van der Waals surface area (Å²) in [6.07, 6.45) is 0. The third-order valence-electron chi connectivity index (χ3n) is 2.76. The summed E-state index contributed by atoms with van der Waals surface area (Å²) < 4.78 is 7.13. The van der Waals surface area contributed by atoms with Gasteiger partial charge in [0.1, 0.15) is 5.75 Å². The highest BCUT2D eigenvalue weighted by Crippen LogP contribution is 2.22. The Balaban J connectivity index is 2.07. The Labute approximate surface area is 155 Å². The molecule has 4 nitrogen and oxygen atoms in total. The maximum atomic E-state index is 12.2. The number of benzene rings is 2. The zero-order valence-corrected chi connectivity index (χ0v) is 16.1. The normalized spacial score (nSPS) is 9.95. The zero-order valence-electron chi connectivity index (χ0n) is 11.5. The quantitative estimate of drug-likeness (QED) is 0.500. The molecule has 0 aliphatic rings. The highest BCUT2D eigenvalue weighted by molar-refractivity contribution is 14.1. The molecule has 2 aromatic rings. The van der Waals surface area contributed by atoms with E-state index in [1.807, 2.05) is 18.2 Å². The second-order valence-electron chi connectivity index (χ2n) is 4.23. The van der Waals surface area contributed by atoms with Crippen molar-refractivity contribution in [3.05, 3.63) is 56.1 Å². The summed E-state index contributed by atoms with van der Waals surface area (Å²) in [5, 5.41) is 5.89. The van der Waals surface area contributed by atoms with Gasteiger partial charge in [0.15, 0.2) is 5.11 Å². The van der Waals surface area contributed by atoms with E-state index in [-0.39, 0.29) is 11.0 Å². The number of methoxy groups -OCH3 is 1. The van der Waals surface area contributed by atoms with Crippen molar-refractivity contribution in [1.29, 1.82) is 0 Å². The monoisotopic (exact) mass is 490 g/mol. The molecular weight excluding hydrogens is 479 g/mol. The number of anilines is 1. The maximum Gasteiger partial charge on any atom is 0.261 e. The molecular formula is C15H12BrIN2O2S. The number of hydrogen-bond donors (Lipinski definition) is 2. The predicted molar refractivity (Wildman–Crippen MR) is 104 cm³/mol. The third kappa shape index (κ3) is 4.40. The van der Waals surface area contributed by atoms with Crippen molar-refractivity contribution in [2.75, 3.05) is 12.4 Å². The lowest BCUT2D eigenvalue weighted by atomic mass is 10.2. The van der Waals surface area contributed by atoms with Crippen LogP contribution < -0.4 is 15.4 Å². The number of para-hydroxylation sites is 1. The predicted octanol–water partition coefficient (Wildman–Crippen LogP) is 4.19. The molecule has 0 aliphatic heterocycles. The van der Waals surface area contributed by atoms with E-state index in [0.717, 1.165) is 13.7 Å². The molecule has 1 amide bonds. The lowest BCUT2D eigenvalue weighted by Gasteiger charge is -2.12. The molecule has 0 bridgehead atoms. The number of ether oxygens (including phenoxy) is 1. The lowest BCUT2D eigenvalue weighted by Crippen LogP contribution is -2.34. The van der Waals surface area contributed by atoms with Crippen LogP contribution in [0.15, 0.2) is 46.9 Å². The molecule has 2 rings (SSSR count). The number of hydrogen-bond acceptors (Lipinski definition) is 3. The van der Waals surface area contributed by atoms with Crippen molar-refractivity contribution in [3.8, 4) is 5.75 Å². The molecule has 2 aromatic carbocycles. The average Bonchev–Trinajstić information content (AvgIpc) is 2.50. The first kappa shape index (κ1) is 17.2. The molecule has 0 saturated heterocycles.